The van der Waals surface area contributed by atoms with Crippen LogP contribution in [0.5, 0.6) is 11.5 Å². The monoisotopic (exact) mass is 1190 g/mol. The number of pyridine rings is 1. The fourth-order valence-corrected chi connectivity index (χ4v) is 13.5. The van der Waals surface area contributed by atoms with E-state index in [0.29, 0.717) is 11.5 Å². The average Bonchev–Trinajstić information content (AvgIpc) is 4.02. The van der Waals surface area contributed by atoms with Gasteiger partial charge in [0.25, 0.3) is 0 Å². The summed E-state index contributed by atoms with van der Waals surface area (Å²) in [5, 5.41) is 2.23. The van der Waals surface area contributed by atoms with Crippen LogP contribution in [0.4, 0.5) is 22.7 Å². The molecule has 2 aromatic heterocycles. The van der Waals surface area contributed by atoms with E-state index in [4.69, 9.17) is 9.72 Å². The number of fused-ring (bicyclic) bond motifs is 6. The predicted molar refractivity (Wildman–Crippen MR) is 314 cm³/mol. The molecular formula is C72H59N4OPt-3. The molecule has 0 amide bonds. The minimum atomic E-state index is -0.446. The van der Waals surface area contributed by atoms with Crippen molar-refractivity contribution in [3.8, 4) is 17.3 Å². The van der Waals surface area contributed by atoms with Gasteiger partial charge in [-0.2, -0.15) is 12.1 Å². The minimum absolute atomic E-state index is 0. The molecule has 14 rings (SSSR count). The molecule has 1 aliphatic heterocycles. The van der Waals surface area contributed by atoms with E-state index in [1.165, 1.54) is 55.8 Å². The molecule has 0 saturated carbocycles. The van der Waals surface area contributed by atoms with Gasteiger partial charge in [-0.05, 0) is 130 Å². The van der Waals surface area contributed by atoms with E-state index in [-0.39, 0.29) is 26.5 Å². The van der Waals surface area contributed by atoms with Crippen LogP contribution in [0.15, 0.2) is 225 Å². The molecule has 0 saturated heterocycles. The Hall–Kier alpha value is -7.98. The smallest absolute Gasteiger partial charge is 0.135 e. The van der Waals surface area contributed by atoms with Crippen LogP contribution < -0.4 is 14.5 Å². The Labute approximate surface area is 473 Å². The predicted octanol–water partition coefficient (Wildman–Crippen LogP) is 17.6. The van der Waals surface area contributed by atoms with Crippen molar-refractivity contribution in [1.29, 1.82) is 0 Å². The van der Waals surface area contributed by atoms with Crippen molar-refractivity contribution in [2.75, 3.05) is 9.80 Å². The molecule has 2 atom stereocenters. The van der Waals surface area contributed by atoms with Gasteiger partial charge in [0.15, 0.2) is 0 Å². The van der Waals surface area contributed by atoms with E-state index >= 15 is 0 Å². The first-order valence-corrected chi connectivity index (χ1v) is 27.4. The third-order valence-corrected chi connectivity index (χ3v) is 16.9. The first kappa shape index (κ1) is 49.6. The van der Waals surface area contributed by atoms with Gasteiger partial charge in [-0.15, -0.1) is 48.1 Å². The van der Waals surface area contributed by atoms with E-state index in [1.807, 2.05) is 18.3 Å². The number of nitrogens with zero attached hydrogens (tertiary/aromatic N) is 4. The second kappa shape index (κ2) is 19.8. The van der Waals surface area contributed by atoms with Crippen LogP contribution in [0.1, 0.15) is 96.5 Å². The molecule has 3 heterocycles. The van der Waals surface area contributed by atoms with Crippen LogP contribution in [0.3, 0.4) is 0 Å². The molecule has 2 unspecified atom stereocenters. The Balaban J connectivity index is 0.00000579. The van der Waals surface area contributed by atoms with Crippen molar-refractivity contribution < 1.29 is 25.8 Å². The number of hydrogen-bond acceptors (Lipinski definition) is 4. The second-order valence-corrected chi connectivity index (χ2v) is 22.2. The number of rotatable bonds is 9. The van der Waals surface area contributed by atoms with Crippen molar-refractivity contribution in [3.63, 3.8) is 0 Å². The number of aromatic nitrogens is 2. The van der Waals surface area contributed by atoms with E-state index in [9.17, 15) is 0 Å². The number of benzene rings is 9. The van der Waals surface area contributed by atoms with Gasteiger partial charge < -0.3 is 19.1 Å². The van der Waals surface area contributed by atoms with Gasteiger partial charge in [-0.3, -0.25) is 0 Å². The Morgan fingerprint density at radius 2 is 1.06 bits per heavy atom. The zero-order chi connectivity index (χ0) is 51.7. The number of hydrogen-bond donors (Lipinski definition) is 0. The van der Waals surface area contributed by atoms with Crippen LogP contribution in [-0.4, -0.2) is 9.55 Å². The molecule has 0 fully saturated rings. The van der Waals surface area contributed by atoms with E-state index in [1.54, 1.807) is 0 Å². The van der Waals surface area contributed by atoms with E-state index in [2.05, 4.69) is 260 Å². The van der Waals surface area contributed by atoms with Crippen molar-refractivity contribution in [3.05, 3.63) is 293 Å². The molecule has 0 radical (unpaired) electrons. The molecule has 6 heteroatoms. The number of ether oxygens (including phenoxy) is 1. The maximum absolute atomic E-state index is 6.84. The van der Waals surface area contributed by atoms with Gasteiger partial charge in [0.2, 0.25) is 0 Å². The van der Waals surface area contributed by atoms with Crippen LogP contribution in [0.2, 0.25) is 0 Å². The normalized spacial score (nSPS) is 17.8. The number of para-hydroxylation sites is 4. The molecule has 2 aliphatic carbocycles. The fraction of sp³-hybridized carbons (Fsp3) is 0.167. The van der Waals surface area contributed by atoms with Gasteiger partial charge in [0.05, 0.1) is 0 Å². The average molecular weight is 1190 g/mol. The van der Waals surface area contributed by atoms with Gasteiger partial charge in [0, 0.05) is 72.2 Å². The largest absolute Gasteiger partial charge is 0.509 e. The van der Waals surface area contributed by atoms with Crippen LogP contribution in [-0.2, 0) is 50.2 Å². The third kappa shape index (κ3) is 8.03. The van der Waals surface area contributed by atoms with Gasteiger partial charge in [-0.1, -0.05) is 184 Å². The Morgan fingerprint density at radius 3 is 1.72 bits per heavy atom. The fourth-order valence-electron chi connectivity index (χ4n) is 13.5. The topological polar surface area (TPSA) is 33.5 Å². The first-order chi connectivity index (χ1) is 37.8. The van der Waals surface area contributed by atoms with Crippen molar-refractivity contribution in [2.45, 2.75) is 75.5 Å². The number of anilines is 4. The quantitative estimate of drug-likeness (QED) is 0.135. The molecule has 0 bridgehead atoms. The summed E-state index contributed by atoms with van der Waals surface area (Å²) in [4.78, 5) is 9.74. The third-order valence-electron chi connectivity index (χ3n) is 16.9. The van der Waals surface area contributed by atoms with Gasteiger partial charge in [0.1, 0.15) is 5.82 Å². The minimum Gasteiger partial charge on any atom is -0.509 e. The molecule has 78 heavy (non-hydrogen) atoms. The molecule has 3 aliphatic rings. The van der Waals surface area contributed by atoms with Crippen molar-refractivity contribution in [1.82, 2.24) is 9.55 Å². The molecular weight excluding hydrogens is 1130 g/mol. The SMILES string of the molecule is CC(C)(C)c1ccnc(-n2c3[c-]c(Oc4[c-]c(N5[CH-]N(c6c(C7(c8ccccc8)CCCc8ccccc87)cccc6C6(c7ccccc7)CCCc7ccccc76)c6ccccc65)ccc4)ccc3c3ccccc32)c1.[Pt]. The summed E-state index contributed by atoms with van der Waals surface area (Å²) in [5.74, 6) is 2.06. The summed E-state index contributed by atoms with van der Waals surface area (Å²) in [6.07, 6.45) is 8.13. The summed E-state index contributed by atoms with van der Waals surface area (Å²) < 4.78 is 9.05. The van der Waals surface area contributed by atoms with Crippen molar-refractivity contribution in [2.24, 2.45) is 0 Å². The van der Waals surface area contributed by atoms with Crippen molar-refractivity contribution >= 4 is 44.6 Å². The molecule has 11 aromatic rings. The molecule has 0 N–H and O–H groups in total. The zero-order valence-electron chi connectivity index (χ0n) is 44.2. The second-order valence-electron chi connectivity index (χ2n) is 22.2. The zero-order valence-corrected chi connectivity index (χ0v) is 46.5. The summed E-state index contributed by atoms with van der Waals surface area (Å²) >= 11 is 0. The summed E-state index contributed by atoms with van der Waals surface area (Å²) in [5.41, 5.74) is 17.4. The summed E-state index contributed by atoms with van der Waals surface area (Å²) in [6.45, 7) is 9.03. The Kier molecular flexibility index (Phi) is 12.6. The van der Waals surface area contributed by atoms with Gasteiger partial charge in [-0.25, -0.2) is 4.98 Å². The van der Waals surface area contributed by atoms with E-state index < -0.39 is 10.8 Å². The molecule has 9 aromatic carbocycles. The number of aryl methyl sites for hydroxylation is 2. The first-order valence-electron chi connectivity index (χ1n) is 27.4. The summed E-state index contributed by atoms with van der Waals surface area (Å²) in [7, 11) is 0. The molecule has 386 valence electrons. The molecule has 5 nitrogen and oxygen atoms in total. The van der Waals surface area contributed by atoms with E-state index in [0.717, 1.165) is 83.2 Å². The van der Waals surface area contributed by atoms with Gasteiger partial charge >= 0.3 is 0 Å². The van der Waals surface area contributed by atoms with Crippen LogP contribution >= 0.6 is 0 Å². The van der Waals surface area contributed by atoms with Crippen LogP contribution in [0.25, 0.3) is 27.6 Å². The summed E-state index contributed by atoms with van der Waals surface area (Å²) in [6, 6.07) is 87.9. The molecule has 0 spiro atoms. The Morgan fingerprint density at radius 1 is 0.513 bits per heavy atom. The maximum atomic E-state index is 6.84. The van der Waals surface area contributed by atoms with Crippen LogP contribution in [0, 0.1) is 18.8 Å². The maximum Gasteiger partial charge on any atom is 0.135 e. The Bertz CT molecular complexity index is 3910. The standard InChI is InChI=1S/C72H59N4O.Pt/c1-70(2,3)54-42-45-73-68(46-54)76-64-37-15-12-32-58(64)59-41-40-57(48-67(59)76)77-56-31-18-30-55(47-56)74-49-75(66-39-17-16-38-65(66)74)69-62(71(52-26-6-4-7-27-52)43-20-24-50-22-10-13-33-60(50)71)35-19-36-63(69)72(53-28-8-5-9-29-53)44-21-25-51-23-11-14-34-61(51)72;/h4-19,22-23,26-42,45-46,49H,20-21,24-25,43-44H2,1-3H3;/q-3;.